The fourth-order valence-electron chi connectivity index (χ4n) is 1.78. The minimum atomic E-state index is -3.40. The van der Waals surface area contributed by atoms with E-state index >= 15 is 0 Å². The van der Waals surface area contributed by atoms with Crippen molar-refractivity contribution >= 4 is 10.0 Å². The summed E-state index contributed by atoms with van der Waals surface area (Å²) in [5, 5.41) is 0. The van der Waals surface area contributed by atoms with Crippen molar-refractivity contribution in [3.05, 3.63) is 65.7 Å². The number of hydrogen-bond acceptors (Lipinski definition) is 2. The number of benzene rings is 2. The number of rotatable bonds is 5. The molecular formula is C15H17NO2S. The van der Waals surface area contributed by atoms with Gasteiger partial charge in [0, 0.05) is 6.54 Å². The molecular weight excluding hydrogens is 258 g/mol. The summed E-state index contributed by atoms with van der Waals surface area (Å²) < 4.78 is 26.7. The molecule has 0 saturated carbocycles. The molecule has 2 rings (SSSR count). The second-order valence-electron chi connectivity index (χ2n) is 4.45. The van der Waals surface area contributed by atoms with Crippen molar-refractivity contribution in [1.82, 2.24) is 4.72 Å². The van der Waals surface area contributed by atoms with Gasteiger partial charge in [-0.15, -0.1) is 0 Å². The van der Waals surface area contributed by atoms with Gasteiger partial charge in [0.2, 0.25) is 10.0 Å². The van der Waals surface area contributed by atoms with Crippen molar-refractivity contribution in [2.75, 3.05) is 6.54 Å². The Balaban J connectivity index is 1.97. The summed E-state index contributed by atoms with van der Waals surface area (Å²) in [7, 11) is -3.40. The van der Waals surface area contributed by atoms with Gasteiger partial charge in [0.15, 0.2) is 0 Å². The Morgan fingerprint density at radius 2 is 1.58 bits per heavy atom. The highest BCUT2D eigenvalue weighted by Gasteiger charge is 2.12. The minimum Gasteiger partial charge on any atom is -0.211 e. The predicted molar refractivity (Wildman–Crippen MR) is 76.5 cm³/mol. The van der Waals surface area contributed by atoms with Crippen molar-refractivity contribution in [2.45, 2.75) is 18.2 Å². The van der Waals surface area contributed by atoms with E-state index in [1.54, 1.807) is 24.3 Å². The van der Waals surface area contributed by atoms with Crippen LogP contribution in [0, 0.1) is 6.92 Å². The van der Waals surface area contributed by atoms with Crippen LogP contribution < -0.4 is 4.72 Å². The Morgan fingerprint density at radius 1 is 0.947 bits per heavy atom. The molecule has 0 atom stereocenters. The second-order valence-corrected chi connectivity index (χ2v) is 6.21. The first-order valence-corrected chi connectivity index (χ1v) is 7.66. The Bertz CT molecular complexity index is 619. The Kier molecular flexibility index (Phi) is 4.35. The van der Waals surface area contributed by atoms with Crippen molar-refractivity contribution in [2.24, 2.45) is 0 Å². The maximum absolute atomic E-state index is 12.0. The molecule has 19 heavy (non-hydrogen) atoms. The monoisotopic (exact) mass is 275 g/mol. The van der Waals surface area contributed by atoms with Crippen LogP contribution in [0.1, 0.15) is 11.1 Å². The smallest absolute Gasteiger partial charge is 0.211 e. The molecule has 100 valence electrons. The molecule has 0 aliphatic carbocycles. The highest BCUT2D eigenvalue weighted by atomic mass is 32.2. The van der Waals surface area contributed by atoms with E-state index in [1.807, 2.05) is 37.3 Å². The summed E-state index contributed by atoms with van der Waals surface area (Å²) >= 11 is 0. The van der Waals surface area contributed by atoms with Gasteiger partial charge in [0.05, 0.1) is 4.90 Å². The van der Waals surface area contributed by atoms with Crippen molar-refractivity contribution in [3.63, 3.8) is 0 Å². The Labute approximate surface area is 114 Å². The molecule has 0 bridgehead atoms. The van der Waals surface area contributed by atoms with Gasteiger partial charge in [0.1, 0.15) is 0 Å². The summed E-state index contributed by atoms with van der Waals surface area (Å²) in [6.07, 6.45) is 0.686. The van der Waals surface area contributed by atoms with Crippen LogP contribution in [0.5, 0.6) is 0 Å². The van der Waals surface area contributed by atoms with Gasteiger partial charge in [-0.05, 0) is 31.0 Å². The van der Waals surface area contributed by atoms with Gasteiger partial charge in [-0.25, -0.2) is 13.1 Å². The maximum atomic E-state index is 12.0. The van der Waals surface area contributed by atoms with E-state index in [1.165, 1.54) is 0 Å². The summed E-state index contributed by atoms with van der Waals surface area (Å²) in [5.41, 5.74) is 2.16. The third-order valence-electron chi connectivity index (χ3n) is 2.88. The van der Waals surface area contributed by atoms with Crippen LogP contribution in [-0.4, -0.2) is 15.0 Å². The number of aryl methyl sites for hydroxylation is 1. The van der Waals surface area contributed by atoms with Crippen LogP contribution >= 0.6 is 0 Å². The Morgan fingerprint density at radius 3 is 2.21 bits per heavy atom. The molecule has 2 aromatic carbocycles. The topological polar surface area (TPSA) is 46.2 Å². The van der Waals surface area contributed by atoms with E-state index in [0.29, 0.717) is 17.9 Å². The largest absolute Gasteiger partial charge is 0.240 e. The SMILES string of the molecule is Cc1ccc(S(=O)(=O)NCCc2ccccc2)cc1. The molecule has 0 radical (unpaired) electrons. The molecule has 0 fully saturated rings. The molecule has 0 spiro atoms. The van der Waals surface area contributed by atoms with Crippen LogP contribution in [-0.2, 0) is 16.4 Å². The first-order chi connectivity index (χ1) is 9.08. The van der Waals surface area contributed by atoms with Crippen molar-refractivity contribution in [3.8, 4) is 0 Å². The third-order valence-corrected chi connectivity index (χ3v) is 4.36. The molecule has 4 heteroatoms. The predicted octanol–water partition coefficient (Wildman–Crippen LogP) is 2.52. The molecule has 0 heterocycles. The van der Waals surface area contributed by atoms with Crippen LogP contribution in [0.3, 0.4) is 0 Å². The van der Waals surface area contributed by atoms with Gasteiger partial charge < -0.3 is 0 Å². The zero-order chi connectivity index (χ0) is 13.7. The average molecular weight is 275 g/mol. The first kappa shape index (κ1) is 13.8. The van der Waals surface area contributed by atoms with E-state index in [2.05, 4.69) is 4.72 Å². The molecule has 1 N–H and O–H groups in total. The summed E-state index contributed by atoms with van der Waals surface area (Å²) in [6, 6.07) is 16.7. The first-order valence-electron chi connectivity index (χ1n) is 6.18. The quantitative estimate of drug-likeness (QED) is 0.911. The van der Waals surface area contributed by atoms with Crippen LogP contribution in [0.25, 0.3) is 0 Å². The van der Waals surface area contributed by atoms with Gasteiger partial charge in [-0.1, -0.05) is 48.0 Å². The summed E-state index contributed by atoms with van der Waals surface area (Å²) in [5.74, 6) is 0. The van der Waals surface area contributed by atoms with E-state index in [4.69, 9.17) is 0 Å². The molecule has 0 aliphatic heterocycles. The minimum absolute atomic E-state index is 0.311. The van der Waals surface area contributed by atoms with Gasteiger partial charge >= 0.3 is 0 Å². The van der Waals surface area contributed by atoms with Crippen molar-refractivity contribution in [1.29, 1.82) is 0 Å². The lowest BCUT2D eigenvalue weighted by molar-refractivity contribution is 0.581. The highest BCUT2D eigenvalue weighted by molar-refractivity contribution is 7.89. The molecule has 0 amide bonds. The maximum Gasteiger partial charge on any atom is 0.240 e. The fraction of sp³-hybridized carbons (Fsp3) is 0.200. The normalized spacial score (nSPS) is 11.4. The van der Waals surface area contributed by atoms with E-state index in [9.17, 15) is 8.42 Å². The standard InChI is InChI=1S/C15H17NO2S/c1-13-7-9-15(10-8-13)19(17,18)16-12-11-14-5-3-2-4-6-14/h2-10,16H,11-12H2,1H3. The molecule has 3 nitrogen and oxygen atoms in total. The molecule has 0 saturated heterocycles. The number of hydrogen-bond donors (Lipinski definition) is 1. The van der Waals surface area contributed by atoms with Crippen LogP contribution in [0.2, 0.25) is 0 Å². The van der Waals surface area contributed by atoms with E-state index < -0.39 is 10.0 Å². The Hall–Kier alpha value is -1.65. The second kappa shape index (κ2) is 5.99. The molecule has 0 aliphatic rings. The lowest BCUT2D eigenvalue weighted by Gasteiger charge is -2.07. The summed E-state index contributed by atoms with van der Waals surface area (Å²) in [4.78, 5) is 0.311. The van der Waals surface area contributed by atoms with Gasteiger partial charge in [0.25, 0.3) is 0 Å². The highest BCUT2D eigenvalue weighted by Crippen LogP contribution is 2.09. The van der Waals surface area contributed by atoms with Gasteiger partial charge in [-0.3, -0.25) is 0 Å². The average Bonchev–Trinajstić information content (AvgIpc) is 2.40. The number of nitrogens with one attached hydrogen (secondary N) is 1. The van der Waals surface area contributed by atoms with Crippen molar-refractivity contribution < 1.29 is 8.42 Å². The molecule has 2 aromatic rings. The lowest BCUT2D eigenvalue weighted by atomic mass is 10.2. The van der Waals surface area contributed by atoms with Crippen LogP contribution in [0.15, 0.2) is 59.5 Å². The van der Waals surface area contributed by atoms with E-state index in [0.717, 1.165) is 11.1 Å². The number of sulfonamides is 1. The third kappa shape index (κ3) is 3.91. The molecule has 0 unspecified atom stereocenters. The van der Waals surface area contributed by atoms with E-state index in [-0.39, 0.29) is 0 Å². The lowest BCUT2D eigenvalue weighted by Crippen LogP contribution is -2.25. The van der Waals surface area contributed by atoms with Crippen LogP contribution in [0.4, 0.5) is 0 Å². The zero-order valence-corrected chi connectivity index (χ0v) is 11.7. The zero-order valence-electron chi connectivity index (χ0n) is 10.8. The fourth-order valence-corrected chi connectivity index (χ4v) is 2.81. The molecule has 0 aromatic heterocycles. The van der Waals surface area contributed by atoms with Gasteiger partial charge in [-0.2, -0.15) is 0 Å². The summed E-state index contributed by atoms with van der Waals surface area (Å²) in [6.45, 7) is 2.33.